The van der Waals surface area contributed by atoms with Crippen LogP contribution < -0.4 is 16.0 Å². The maximum Gasteiger partial charge on any atom is 0.282 e. The fourth-order valence-electron chi connectivity index (χ4n) is 2.10. The number of hydrogen-bond donors (Lipinski definition) is 3. The predicted molar refractivity (Wildman–Crippen MR) is 107 cm³/mol. The molecular formula is C17H15ClN4O4S. The first-order chi connectivity index (χ1) is 12.8. The van der Waals surface area contributed by atoms with Crippen LogP contribution in [0.4, 0.5) is 17.1 Å². The molecule has 3 N–H and O–H groups in total. The Hall–Kier alpha value is -3.04. The van der Waals surface area contributed by atoms with Crippen molar-refractivity contribution in [1.29, 1.82) is 0 Å². The molecule has 0 fully saturated rings. The summed E-state index contributed by atoms with van der Waals surface area (Å²) >= 11 is 11.2. The summed E-state index contributed by atoms with van der Waals surface area (Å²) in [5.41, 5.74) is 0.404. The number of halogens is 1. The SMILES string of the molecule is CCC(=O)Nc1ccc(Cl)c(NC(=S)NC(=O)c2ccccc2[N+](=O)[O-])c1. The summed E-state index contributed by atoms with van der Waals surface area (Å²) < 4.78 is 0. The van der Waals surface area contributed by atoms with E-state index in [9.17, 15) is 19.7 Å². The lowest BCUT2D eigenvalue weighted by Crippen LogP contribution is -2.34. The van der Waals surface area contributed by atoms with Crippen molar-refractivity contribution in [1.82, 2.24) is 5.32 Å². The Morgan fingerprint density at radius 1 is 1.19 bits per heavy atom. The van der Waals surface area contributed by atoms with Gasteiger partial charge in [-0.15, -0.1) is 0 Å². The molecule has 0 aromatic heterocycles. The highest BCUT2D eigenvalue weighted by molar-refractivity contribution is 7.80. The van der Waals surface area contributed by atoms with Crippen molar-refractivity contribution < 1.29 is 14.5 Å². The molecule has 0 aliphatic heterocycles. The number of amides is 2. The zero-order valence-electron chi connectivity index (χ0n) is 14.1. The van der Waals surface area contributed by atoms with E-state index in [1.807, 2.05) is 0 Å². The third kappa shape index (κ3) is 5.47. The van der Waals surface area contributed by atoms with Crippen LogP contribution in [0, 0.1) is 10.1 Å². The second-order valence-electron chi connectivity index (χ2n) is 5.28. The van der Waals surface area contributed by atoms with E-state index >= 15 is 0 Å². The number of thiocarbonyl (C=S) groups is 1. The summed E-state index contributed by atoms with van der Waals surface area (Å²) in [7, 11) is 0. The summed E-state index contributed by atoms with van der Waals surface area (Å²) in [6.07, 6.45) is 0.315. The van der Waals surface area contributed by atoms with E-state index in [4.69, 9.17) is 23.8 Å². The lowest BCUT2D eigenvalue weighted by molar-refractivity contribution is -0.385. The zero-order valence-corrected chi connectivity index (χ0v) is 15.7. The molecule has 0 heterocycles. The summed E-state index contributed by atoms with van der Waals surface area (Å²) in [4.78, 5) is 34.1. The van der Waals surface area contributed by atoms with Gasteiger partial charge in [0.1, 0.15) is 5.56 Å². The smallest absolute Gasteiger partial charge is 0.282 e. The molecule has 0 radical (unpaired) electrons. The van der Waals surface area contributed by atoms with Crippen LogP contribution in [-0.4, -0.2) is 21.9 Å². The number of carbonyl (C=O) groups is 2. The van der Waals surface area contributed by atoms with Crippen LogP contribution in [0.5, 0.6) is 0 Å². The maximum absolute atomic E-state index is 12.3. The fraction of sp³-hybridized carbons (Fsp3) is 0.118. The minimum absolute atomic E-state index is 0.0981. The first-order valence-electron chi connectivity index (χ1n) is 7.77. The Morgan fingerprint density at radius 2 is 1.89 bits per heavy atom. The van der Waals surface area contributed by atoms with Crippen molar-refractivity contribution in [3.05, 3.63) is 63.2 Å². The minimum Gasteiger partial charge on any atom is -0.331 e. The number of rotatable bonds is 5. The molecule has 140 valence electrons. The van der Waals surface area contributed by atoms with E-state index in [-0.39, 0.29) is 22.3 Å². The first kappa shape index (κ1) is 20.3. The number of carbonyl (C=O) groups excluding carboxylic acids is 2. The molecule has 2 aromatic rings. The summed E-state index contributed by atoms with van der Waals surface area (Å²) in [5, 5.41) is 19.0. The van der Waals surface area contributed by atoms with Crippen molar-refractivity contribution in [2.45, 2.75) is 13.3 Å². The van der Waals surface area contributed by atoms with Gasteiger partial charge < -0.3 is 10.6 Å². The summed E-state index contributed by atoms with van der Waals surface area (Å²) in [6.45, 7) is 1.72. The standard InChI is InChI=1S/C17H15ClN4O4S/c1-2-15(23)19-10-7-8-12(18)13(9-10)20-17(27)21-16(24)11-5-3-4-6-14(11)22(25)26/h3-9H,2H2,1H3,(H,19,23)(H2,20,21,24,27). The molecule has 0 bridgehead atoms. The van der Waals surface area contributed by atoms with Gasteiger partial charge >= 0.3 is 0 Å². The van der Waals surface area contributed by atoms with Crippen LogP contribution in [0.25, 0.3) is 0 Å². The average Bonchev–Trinajstić information content (AvgIpc) is 2.64. The van der Waals surface area contributed by atoms with E-state index in [0.29, 0.717) is 22.8 Å². The van der Waals surface area contributed by atoms with Gasteiger partial charge in [-0.1, -0.05) is 30.7 Å². The number of benzene rings is 2. The van der Waals surface area contributed by atoms with Gasteiger partial charge in [0, 0.05) is 18.2 Å². The second kappa shape index (κ2) is 9.06. The van der Waals surface area contributed by atoms with E-state index in [2.05, 4.69) is 16.0 Å². The van der Waals surface area contributed by atoms with Crippen molar-refractivity contribution in [2.24, 2.45) is 0 Å². The van der Waals surface area contributed by atoms with E-state index in [1.165, 1.54) is 24.3 Å². The molecular weight excluding hydrogens is 392 g/mol. The molecule has 0 aliphatic carbocycles. The highest BCUT2D eigenvalue weighted by Gasteiger charge is 2.20. The Bertz CT molecular complexity index is 920. The van der Waals surface area contributed by atoms with Gasteiger partial charge in [-0.05, 0) is 36.5 Å². The lowest BCUT2D eigenvalue weighted by Gasteiger charge is -2.13. The highest BCUT2D eigenvalue weighted by atomic mass is 35.5. The van der Waals surface area contributed by atoms with Crippen LogP contribution in [0.3, 0.4) is 0 Å². The Labute approximate surface area is 165 Å². The molecule has 8 nitrogen and oxygen atoms in total. The molecule has 0 saturated carbocycles. The molecule has 10 heteroatoms. The van der Waals surface area contributed by atoms with Crippen molar-refractivity contribution in [3.8, 4) is 0 Å². The minimum atomic E-state index is -0.730. The monoisotopic (exact) mass is 406 g/mol. The quantitative estimate of drug-likeness (QED) is 0.396. The molecule has 27 heavy (non-hydrogen) atoms. The fourth-order valence-corrected chi connectivity index (χ4v) is 2.46. The molecule has 2 rings (SSSR count). The van der Waals surface area contributed by atoms with Gasteiger partial charge in [0.2, 0.25) is 5.91 Å². The number of para-hydroxylation sites is 1. The van der Waals surface area contributed by atoms with E-state index in [1.54, 1.807) is 25.1 Å². The number of nitrogens with one attached hydrogen (secondary N) is 3. The second-order valence-corrected chi connectivity index (χ2v) is 6.09. The topological polar surface area (TPSA) is 113 Å². The third-order valence-electron chi connectivity index (χ3n) is 3.39. The molecule has 0 atom stereocenters. The van der Waals surface area contributed by atoms with E-state index in [0.717, 1.165) is 0 Å². The van der Waals surface area contributed by atoms with Crippen molar-refractivity contribution in [2.75, 3.05) is 10.6 Å². The van der Waals surface area contributed by atoms with E-state index < -0.39 is 10.8 Å². The number of anilines is 2. The van der Waals surface area contributed by atoms with Crippen molar-refractivity contribution in [3.63, 3.8) is 0 Å². The maximum atomic E-state index is 12.3. The van der Waals surface area contributed by atoms with Crippen molar-refractivity contribution >= 4 is 57.8 Å². The van der Waals surface area contributed by atoms with Crippen LogP contribution in [-0.2, 0) is 4.79 Å². The molecule has 2 amide bonds. The van der Waals surface area contributed by atoms with Crippen LogP contribution >= 0.6 is 23.8 Å². The molecule has 2 aromatic carbocycles. The van der Waals surface area contributed by atoms with Gasteiger partial charge in [0.15, 0.2) is 5.11 Å². The lowest BCUT2D eigenvalue weighted by atomic mass is 10.1. The Morgan fingerprint density at radius 3 is 2.56 bits per heavy atom. The van der Waals surface area contributed by atoms with Gasteiger partial charge in [-0.2, -0.15) is 0 Å². The molecule has 0 aliphatic rings. The predicted octanol–water partition coefficient (Wildman–Crippen LogP) is 3.72. The molecule has 0 spiro atoms. The van der Waals surface area contributed by atoms with Gasteiger partial charge in [0.05, 0.1) is 15.6 Å². The Kier molecular flexibility index (Phi) is 6.80. The summed E-state index contributed by atoms with van der Waals surface area (Å²) in [6, 6.07) is 10.2. The van der Waals surface area contributed by atoms with Gasteiger partial charge in [-0.3, -0.25) is 25.0 Å². The number of nitrogens with zero attached hydrogens (tertiary/aromatic N) is 1. The van der Waals surface area contributed by atoms with Gasteiger partial charge in [-0.25, -0.2) is 0 Å². The van der Waals surface area contributed by atoms with Crippen LogP contribution in [0.2, 0.25) is 5.02 Å². The zero-order chi connectivity index (χ0) is 20.0. The Balaban J connectivity index is 2.12. The molecule has 0 saturated heterocycles. The van der Waals surface area contributed by atoms with Crippen LogP contribution in [0.1, 0.15) is 23.7 Å². The normalized spacial score (nSPS) is 10.0. The number of hydrogen-bond acceptors (Lipinski definition) is 5. The number of nitro benzene ring substituents is 1. The third-order valence-corrected chi connectivity index (χ3v) is 3.93. The van der Waals surface area contributed by atoms with Crippen LogP contribution in [0.15, 0.2) is 42.5 Å². The highest BCUT2D eigenvalue weighted by Crippen LogP contribution is 2.26. The largest absolute Gasteiger partial charge is 0.331 e. The average molecular weight is 407 g/mol. The summed E-state index contributed by atoms with van der Waals surface area (Å²) in [5.74, 6) is -0.901. The molecule has 0 unspecified atom stereocenters. The van der Waals surface area contributed by atoms with Gasteiger partial charge in [0.25, 0.3) is 11.6 Å². The first-order valence-corrected chi connectivity index (χ1v) is 8.55. The number of nitro groups is 1.